The monoisotopic (exact) mass is 197 g/mol. The molecule has 0 saturated carbocycles. The number of rotatable bonds is 2. The molecule has 0 saturated heterocycles. The van der Waals surface area contributed by atoms with E-state index in [0.29, 0.717) is 5.96 Å². The number of aliphatic imine (C=N–C) groups is 1. The predicted octanol–water partition coefficient (Wildman–Crippen LogP) is -1.09. The minimum atomic E-state index is -0.00255. The van der Waals surface area contributed by atoms with Crippen LogP contribution in [0.15, 0.2) is 11.3 Å². The SMILES string of the molecule is CN=C(NN)NC(C)c1nncn1C. The van der Waals surface area contributed by atoms with E-state index in [4.69, 9.17) is 5.84 Å². The molecule has 0 radical (unpaired) electrons. The molecule has 14 heavy (non-hydrogen) atoms. The van der Waals surface area contributed by atoms with Crippen LogP contribution in [0.5, 0.6) is 0 Å². The summed E-state index contributed by atoms with van der Waals surface area (Å²) >= 11 is 0. The third-order valence-electron chi connectivity index (χ3n) is 1.85. The second kappa shape index (κ2) is 4.56. The van der Waals surface area contributed by atoms with Crippen molar-refractivity contribution in [3.63, 3.8) is 0 Å². The first-order chi connectivity index (χ1) is 6.69. The highest BCUT2D eigenvalue weighted by Gasteiger charge is 2.11. The van der Waals surface area contributed by atoms with Crippen LogP contribution in [0.3, 0.4) is 0 Å². The van der Waals surface area contributed by atoms with Crippen molar-refractivity contribution in [1.29, 1.82) is 0 Å². The molecule has 0 aliphatic heterocycles. The van der Waals surface area contributed by atoms with Gasteiger partial charge in [-0.2, -0.15) is 0 Å². The van der Waals surface area contributed by atoms with Gasteiger partial charge in [0.1, 0.15) is 6.33 Å². The Kier molecular flexibility index (Phi) is 3.41. The summed E-state index contributed by atoms with van der Waals surface area (Å²) in [7, 11) is 3.53. The smallest absolute Gasteiger partial charge is 0.206 e. The van der Waals surface area contributed by atoms with Crippen molar-refractivity contribution < 1.29 is 0 Å². The standard InChI is InChI=1S/C7H15N7/c1-5(11-7(9-2)12-8)6-13-10-4-14(6)3/h4-5H,8H2,1-3H3,(H2,9,11,12). The summed E-state index contributed by atoms with van der Waals surface area (Å²) in [5, 5.41) is 10.8. The van der Waals surface area contributed by atoms with Gasteiger partial charge in [0.2, 0.25) is 5.96 Å². The zero-order valence-electron chi connectivity index (χ0n) is 8.52. The Morgan fingerprint density at radius 2 is 2.43 bits per heavy atom. The van der Waals surface area contributed by atoms with Crippen molar-refractivity contribution >= 4 is 5.96 Å². The molecule has 1 aromatic heterocycles. The molecule has 0 aromatic carbocycles. The van der Waals surface area contributed by atoms with Crippen molar-refractivity contribution in [2.24, 2.45) is 17.9 Å². The van der Waals surface area contributed by atoms with Crippen molar-refractivity contribution in [1.82, 2.24) is 25.5 Å². The first-order valence-electron chi connectivity index (χ1n) is 4.23. The Morgan fingerprint density at radius 1 is 1.71 bits per heavy atom. The molecule has 0 fully saturated rings. The normalized spacial score (nSPS) is 13.9. The summed E-state index contributed by atoms with van der Waals surface area (Å²) in [5.41, 5.74) is 2.45. The molecule has 1 unspecified atom stereocenters. The average molecular weight is 197 g/mol. The lowest BCUT2D eigenvalue weighted by molar-refractivity contribution is 0.613. The lowest BCUT2D eigenvalue weighted by Crippen LogP contribution is -2.42. The van der Waals surface area contributed by atoms with Crippen LogP contribution in [0.1, 0.15) is 18.8 Å². The van der Waals surface area contributed by atoms with Crippen molar-refractivity contribution in [2.75, 3.05) is 7.05 Å². The van der Waals surface area contributed by atoms with E-state index in [9.17, 15) is 0 Å². The Morgan fingerprint density at radius 3 is 2.86 bits per heavy atom. The van der Waals surface area contributed by atoms with E-state index < -0.39 is 0 Å². The maximum atomic E-state index is 5.24. The number of aromatic nitrogens is 3. The molecule has 0 amide bonds. The molecule has 1 atom stereocenters. The summed E-state index contributed by atoms with van der Waals surface area (Å²) in [6.45, 7) is 1.95. The zero-order valence-corrected chi connectivity index (χ0v) is 8.52. The highest BCUT2D eigenvalue weighted by Crippen LogP contribution is 2.05. The molecule has 0 spiro atoms. The number of guanidine groups is 1. The number of hydrogen-bond acceptors (Lipinski definition) is 4. The van der Waals surface area contributed by atoms with Gasteiger partial charge >= 0.3 is 0 Å². The van der Waals surface area contributed by atoms with Gasteiger partial charge in [0.05, 0.1) is 6.04 Å². The van der Waals surface area contributed by atoms with E-state index in [0.717, 1.165) is 5.82 Å². The van der Waals surface area contributed by atoms with Crippen LogP contribution in [0.25, 0.3) is 0 Å². The molecule has 1 rings (SSSR count). The third-order valence-corrected chi connectivity index (χ3v) is 1.85. The Balaban J connectivity index is 2.67. The molecule has 4 N–H and O–H groups in total. The predicted molar refractivity (Wildman–Crippen MR) is 53.2 cm³/mol. The Labute approximate surface area is 82.4 Å². The molecule has 1 aromatic rings. The molecular weight excluding hydrogens is 182 g/mol. The first kappa shape index (κ1) is 10.5. The quantitative estimate of drug-likeness (QED) is 0.242. The summed E-state index contributed by atoms with van der Waals surface area (Å²) in [6, 6.07) is -0.00255. The zero-order chi connectivity index (χ0) is 10.6. The van der Waals surface area contributed by atoms with Crippen LogP contribution < -0.4 is 16.6 Å². The van der Waals surface area contributed by atoms with Gasteiger partial charge in [-0.05, 0) is 6.92 Å². The van der Waals surface area contributed by atoms with Gasteiger partial charge in [-0.15, -0.1) is 10.2 Å². The number of hydrazine groups is 1. The highest BCUT2D eigenvalue weighted by molar-refractivity contribution is 5.79. The fourth-order valence-electron chi connectivity index (χ4n) is 1.12. The number of nitrogens with one attached hydrogen (secondary N) is 2. The summed E-state index contributed by atoms with van der Waals surface area (Å²) in [4.78, 5) is 3.90. The van der Waals surface area contributed by atoms with Crippen LogP contribution >= 0.6 is 0 Å². The fourth-order valence-corrected chi connectivity index (χ4v) is 1.12. The molecule has 1 heterocycles. The van der Waals surface area contributed by atoms with Crippen LogP contribution in [0.2, 0.25) is 0 Å². The molecule has 0 aliphatic rings. The lowest BCUT2D eigenvalue weighted by Gasteiger charge is -2.14. The van der Waals surface area contributed by atoms with Crippen LogP contribution in [0.4, 0.5) is 0 Å². The van der Waals surface area contributed by atoms with E-state index in [-0.39, 0.29) is 6.04 Å². The summed E-state index contributed by atoms with van der Waals surface area (Å²) in [5.74, 6) is 6.57. The third kappa shape index (κ3) is 2.19. The number of nitrogens with two attached hydrogens (primary N) is 1. The van der Waals surface area contributed by atoms with E-state index in [1.165, 1.54) is 0 Å². The summed E-state index contributed by atoms with van der Waals surface area (Å²) < 4.78 is 1.83. The second-order valence-corrected chi connectivity index (χ2v) is 2.88. The van der Waals surface area contributed by atoms with Gasteiger partial charge in [0, 0.05) is 14.1 Å². The van der Waals surface area contributed by atoms with Crippen LogP contribution in [0, 0.1) is 0 Å². The van der Waals surface area contributed by atoms with E-state index in [1.54, 1.807) is 13.4 Å². The van der Waals surface area contributed by atoms with E-state index in [1.807, 2.05) is 18.5 Å². The maximum absolute atomic E-state index is 5.24. The first-order valence-corrected chi connectivity index (χ1v) is 4.23. The molecular formula is C7H15N7. The van der Waals surface area contributed by atoms with E-state index in [2.05, 4.69) is 25.9 Å². The second-order valence-electron chi connectivity index (χ2n) is 2.88. The van der Waals surface area contributed by atoms with Gasteiger partial charge in [-0.3, -0.25) is 10.4 Å². The van der Waals surface area contributed by atoms with Crippen molar-refractivity contribution in [2.45, 2.75) is 13.0 Å². The van der Waals surface area contributed by atoms with Gasteiger partial charge in [0.15, 0.2) is 5.82 Å². The highest BCUT2D eigenvalue weighted by atomic mass is 15.3. The van der Waals surface area contributed by atoms with Gasteiger partial charge in [-0.25, -0.2) is 5.84 Å². The number of aryl methyl sites for hydroxylation is 1. The fraction of sp³-hybridized carbons (Fsp3) is 0.571. The Hall–Kier alpha value is -1.63. The molecule has 0 bridgehead atoms. The maximum Gasteiger partial charge on any atom is 0.206 e. The topological polar surface area (TPSA) is 93.2 Å². The van der Waals surface area contributed by atoms with Crippen molar-refractivity contribution in [3.05, 3.63) is 12.2 Å². The minimum absolute atomic E-state index is 0.00255. The summed E-state index contributed by atoms with van der Waals surface area (Å²) in [6.07, 6.45) is 1.64. The van der Waals surface area contributed by atoms with Crippen molar-refractivity contribution in [3.8, 4) is 0 Å². The molecule has 0 aliphatic carbocycles. The van der Waals surface area contributed by atoms with Crippen LogP contribution in [-0.2, 0) is 7.05 Å². The molecule has 7 heteroatoms. The van der Waals surface area contributed by atoms with Crippen LogP contribution in [-0.4, -0.2) is 27.8 Å². The number of nitrogens with zero attached hydrogens (tertiary/aromatic N) is 4. The van der Waals surface area contributed by atoms with E-state index >= 15 is 0 Å². The molecule has 7 nitrogen and oxygen atoms in total. The van der Waals surface area contributed by atoms with Gasteiger partial charge in [0.25, 0.3) is 0 Å². The largest absolute Gasteiger partial charge is 0.346 e. The lowest BCUT2D eigenvalue weighted by atomic mass is 10.3. The number of hydrogen-bond donors (Lipinski definition) is 3. The average Bonchev–Trinajstić information content (AvgIpc) is 2.60. The molecule has 78 valence electrons. The minimum Gasteiger partial charge on any atom is -0.346 e. The Bertz CT molecular complexity index is 316. The van der Waals surface area contributed by atoms with Gasteiger partial charge < -0.3 is 9.88 Å². The van der Waals surface area contributed by atoms with Gasteiger partial charge in [-0.1, -0.05) is 0 Å².